The Kier molecular flexibility index (Phi) is 4.13. The number of pyridine rings is 1. The lowest BCUT2D eigenvalue weighted by Gasteiger charge is -2.24. The number of hydrogen-bond donors (Lipinski definition) is 1. The van der Waals surface area contributed by atoms with Crippen LogP contribution < -0.4 is 4.90 Å². The second-order valence-electron chi connectivity index (χ2n) is 4.96. The van der Waals surface area contributed by atoms with Crippen LogP contribution in [0.2, 0.25) is 5.15 Å². The third kappa shape index (κ3) is 3.17. The Labute approximate surface area is 120 Å². The summed E-state index contributed by atoms with van der Waals surface area (Å²) < 4.78 is 26.8. The molecule has 1 aromatic heterocycles. The highest BCUT2D eigenvalue weighted by atomic mass is 35.5. The predicted molar refractivity (Wildman–Crippen MR) is 72.0 cm³/mol. The Morgan fingerprint density at radius 2 is 2.15 bits per heavy atom. The molecule has 0 saturated carbocycles. The van der Waals surface area contributed by atoms with Crippen LogP contribution >= 0.6 is 11.6 Å². The Bertz CT molecular complexity index is 537. The van der Waals surface area contributed by atoms with E-state index in [1.165, 1.54) is 6.07 Å². The number of hydrogen-bond acceptors (Lipinski definition) is 3. The van der Waals surface area contributed by atoms with E-state index in [1.807, 2.05) is 0 Å². The Morgan fingerprint density at radius 1 is 1.45 bits per heavy atom. The third-order valence-electron chi connectivity index (χ3n) is 3.40. The Hall–Kier alpha value is -1.43. The number of alkyl halides is 2. The standard InChI is InChI=1S/C13H15ClF2N2O2/c1-8-7-9(14)17-11(10(8)12(19)20)18-5-2-3-13(15,16)4-6-18/h7H,2-6H2,1H3,(H,19,20). The number of nitrogens with zero attached hydrogens (tertiary/aromatic N) is 2. The summed E-state index contributed by atoms with van der Waals surface area (Å²) in [6.45, 7) is 2.04. The molecule has 0 aromatic carbocycles. The minimum absolute atomic E-state index is 0.0274. The van der Waals surface area contributed by atoms with E-state index in [4.69, 9.17) is 11.6 Å². The van der Waals surface area contributed by atoms with Crippen molar-refractivity contribution < 1.29 is 18.7 Å². The number of rotatable bonds is 2. The summed E-state index contributed by atoms with van der Waals surface area (Å²) in [7, 11) is 0. The fourth-order valence-electron chi connectivity index (χ4n) is 2.39. The van der Waals surface area contributed by atoms with Crippen molar-refractivity contribution in [2.45, 2.75) is 32.1 Å². The number of carboxylic acids is 1. The second kappa shape index (κ2) is 5.52. The van der Waals surface area contributed by atoms with Gasteiger partial charge >= 0.3 is 5.97 Å². The van der Waals surface area contributed by atoms with Crippen LogP contribution in [-0.2, 0) is 0 Å². The van der Waals surface area contributed by atoms with Crippen LogP contribution in [0.5, 0.6) is 0 Å². The van der Waals surface area contributed by atoms with E-state index in [0.29, 0.717) is 18.5 Å². The quantitative estimate of drug-likeness (QED) is 0.851. The van der Waals surface area contributed by atoms with E-state index in [1.54, 1.807) is 11.8 Å². The molecule has 1 saturated heterocycles. The van der Waals surface area contributed by atoms with Crippen molar-refractivity contribution in [3.8, 4) is 0 Å². The molecule has 110 valence electrons. The summed E-state index contributed by atoms with van der Waals surface area (Å²) >= 11 is 5.86. The first-order valence-electron chi connectivity index (χ1n) is 6.33. The van der Waals surface area contributed by atoms with Crippen molar-refractivity contribution in [1.29, 1.82) is 0 Å². The van der Waals surface area contributed by atoms with Crippen LogP contribution in [0.4, 0.5) is 14.6 Å². The van der Waals surface area contributed by atoms with Crippen LogP contribution in [0.1, 0.15) is 35.2 Å². The first-order chi connectivity index (χ1) is 9.30. The lowest BCUT2D eigenvalue weighted by molar-refractivity contribution is -0.0102. The van der Waals surface area contributed by atoms with Gasteiger partial charge in [0, 0.05) is 25.9 Å². The minimum Gasteiger partial charge on any atom is -0.478 e. The average Bonchev–Trinajstić information content (AvgIpc) is 2.48. The summed E-state index contributed by atoms with van der Waals surface area (Å²) in [5.41, 5.74) is 0.503. The Balaban J connectivity index is 2.39. The summed E-state index contributed by atoms with van der Waals surface area (Å²) in [5.74, 6) is -3.65. The lowest BCUT2D eigenvalue weighted by atomic mass is 10.1. The predicted octanol–water partition coefficient (Wildman–Crippen LogP) is 3.37. The smallest absolute Gasteiger partial charge is 0.339 e. The minimum atomic E-state index is -2.70. The van der Waals surface area contributed by atoms with Gasteiger partial charge in [-0.25, -0.2) is 18.6 Å². The highest BCUT2D eigenvalue weighted by molar-refractivity contribution is 6.29. The summed E-state index contributed by atoms with van der Waals surface area (Å²) in [6.07, 6.45) is -0.204. The molecule has 0 unspecified atom stereocenters. The maximum absolute atomic E-state index is 13.4. The summed E-state index contributed by atoms with van der Waals surface area (Å²) in [5, 5.41) is 9.45. The van der Waals surface area contributed by atoms with E-state index in [2.05, 4.69) is 4.98 Å². The largest absolute Gasteiger partial charge is 0.478 e. The van der Waals surface area contributed by atoms with Crippen LogP contribution in [0.15, 0.2) is 6.07 Å². The molecule has 4 nitrogen and oxygen atoms in total. The molecule has 0 bridgehead atoms. The lowest BCUT2D eigenvalue weighted by Crippen LogP contribution is -2.28. The topological polar surface area (TPSA) is 53.4 Å². The zero-order valence-corrected chi connectivity index (χ0v) is 11.8. The van der Waals surface area contributed by atoms with Gasteiger partial charge in [0.2, 0.25) is 5.92 Å². The second-order valence-corrected chi connectivity index (χ2v) is 5.35. The highest BCUT2D eigenvalue weighted by Gasteiger charge is 2.33. The maximum atomic E-state index is 13.4. The third-order valence-corrected chi connectivity index (χ3v) is 3.59. The summed E-state index contributed by atoms with van der Waals surface area (Å²) in [6, 6.07) is 1.46. The van der Waals surface area contributed by atoms with Gasteiger partial charge < -0.3 is 10.0 Å². The molecule has 7 heteroatoms. The SMILES string of the molecule is Cc1cc(Cl)nc(N2CCCC(F)(F)CC2)c1C(=O)O. The fourth-order valence-corrected chi connectivity index (χ4v) is 2.63. The fraction of sp³-hybridized carbons (Fsp3) is 0.538. The number of aromatic nitrogens is 1. The zero-order chi connectivity index (χ0) is 14.9. The summed E-state index contributed by atoms with van der Waals surface area (Å²) in [4.78, 5) is 17.0. The van der Waals surface area contributed by atoms with Gasteiger partial charge in [-0.2, -0.15) is 0 Å². The van der Waals surface area contributed by atoms with Gasteiger partial charge in [-0.15, -0.1) is 0 Å². The molecule has 1 aromatic rings. The molecule has 2 rings (SSSR count). The van der Waals surface area contributed by atoms with Gasteiger partial charge in [-0.05, 0) is 25.0 Å². The van der Waals surface area contributed by atoms with E-state index in [0.717, 1.165) is 0 Å². The molecule has 1 N–H and O–H groups in total. The molecule has 20 heavy (non-hydrogen) atoms. The van der Waals surface area contributed by atoms with Crippen molar-refractivity contribution >= 4 is 23.4 Å². The van der Waals surface area contributed by atoms with Crippen LogP contribution in [-0.4, -0.2) is 35.1 Å². The number of halogens is 3. The van der Waals surface area contributed by atoms with Gasteiger partial charge in [0.15, 0.2) is 0 Å². The van der Waals surface area contributed by atoms with Crippen molar-refractivity contribution in [1.82, 2.24) is 4.98 Å². The number of anilines is 1. The first kappa shape index (κ1) is 15.0. The molecule has 2 heterocycles. The van der Waals surface area contributed by atoms with E-state index in [-0.39, 0.29) is 35.9 Å². The molecule has 1 aliphatic rings. The van der Waals surface area contributed by atoms with Gasteiger partial charge in [-0.3, -0.25) is 0 Å². The van der Waals surface area contributed by atoms with Crippen molar-refractivity contribution in [2.24, 2.45) is 0 Å². The van der Waals surface area contributed by atoms with E-state index in [9.17, 15) is 18.7 Å². The monoisotopic (exact) mass is 304 g/mol. The maximum Gasteiger partial charge on any atom is 0.339 e. The van der Waals surface area contributed by atoms with Gasteiger partial charge in [-0.1, -0.05) is 11.6 Å². The number of carbonyl (C=O) groups is 1. The number of aromatic carboxylic acids is 1. The molecule has 0 amide bonds. The van der Waals surface area contributed by atoms with Crippen molar-refractivity contribution in [3.05, 3.63) is 22.3 Å². The molecule has 1 aliphatic heterocycles. The average molecular weight is 305 g/mol. The van der Waals surface area contributed by atoms with Gasteiger partial charge in [0.1, 0.15) is 16.5 Å². The van der Waals surface area contributed by atoms with Crippen molar-refractivity contribution in [3.63, 3.8) is 0 Å². The van der Waals surface area contributed by atoms with Gasteiger partial charge in [0.05, 0.1) is 0 Å². The van der Waals surface area contributed by atoms with Crippen LogP contribution in [0, 0.1) is 6.92 Å². The molecule has 0 radical (unpaired) electrons. The molecule has 1 fully saturated rings. The molecular formula is C13H15ClF2N2O2. The van der Waals surface area contributed by atoms with Crippen molar-refractivity contribution in [2.75, 3.05) is 18.0 Å². The zero-order valence-electron chi connectivity index (χ0n) is 11.0. The molecule has 0 atom stereocenters. The molecule has 0 aliphatic carbocycles. The van der Waals surface area contributed by atoms with E-state index >= 15 is 0 Å². The number of aryl methyl sites for hydroxylation is 1. The van der Waals surface area contributed by atoms with Gasteiger partial charge in [0.25, 0.3) is 0 Å². The highest BCUT2D eigenvalue weighted by Crippen LogP contribution is 2.32. The molecular weight excluding hydrogens is 290 g/mol. The number of carboxylic acid groups (broad SMARTS) is 1. The Morgan fingerprint density at radius 3 is 2.80 bits per heavy atom. The normalized spacial score (nSPS) is 18.7. The van der Waals surface area contributed by atoms with Crippen LogP contribution in [0.3, 0.4) is 0 Å². The van der Waals surface area contributed by atoms with Crippen LogP contribution in [0.25, 0.3) is 0 Å². The molecule has 0 spiro atoms. The van der Waals surface area contributed by atoms with E-state index < -0.39 is 11.9 Å². The first-order valence-corrected chi connectivity index (χ1v) is 6.71.